The molecular weight excluding hydrogens is 322 g/mol. The minimum absolute atomic E-state index is 0.00309. The van der Waals surface area contributed by atoms with Gasteiger partial charge in [0, 0.05) is 25.0 Å². The Hall–Kier alpha value is -1.82. The van der Waals surface area contributed by atoms with Gasteiger partial charge in [-0.2, -0.15) is 0 Å². The molecule has 2 aromatic rings. The van der Waals surface area contributed by atoms with Gasteiger partial charge in [0.25, 0.3) is 5.91 Å². The van der Waals surface area contributed by atoms with E-state index in [1.165, 1.54) is 0 Å². The molecule has 5 nitrogen and oxygen atoms in total. The molecule has 1 amide bonds. The normalized spacial score (nSPS) is 11.9. The molecule has 0 saturated heterocycles. The van der Waals surface area contributed by atoms with E-state index in [1.807, 2.05) is 42.0 Å². The number of carbonyl (C=O) groups is 1. The molecule has 1 aromatic carbocycles. The smallest absolute Gasteiger partial charge is 0.258 e. The Labute approximate surface area is 126 Å². The van der Waals surface area contributed by atoms with Gasteiger partial charge in [-0.1, -0.05) is 12.1 Å². The van der Waals surface area contributed by atoms with E-state index in [1.54, 1.807) is 12.5 Å². The van der Waals surface area contributed by atoms with Gasteiger partial charge in [-0.05, 0) is 35.0 Å². The van der Waals surface area contributed by atoms with E-state index in [9.17, 15) is 4.79 Å². The van der Waals surface area contributed by atoms with Crippen LogP contribution in [0.2, 0.25) is 0 Å². The van der Waals surface area contributed by atoms with Crippen LogP contribution in [0.25, 0.3) is 0 Å². The maximum atomic E-state index is 11.8. The second-order valence-electron chi connectivity index (χ2n) is 4.45. The van der Waals surface area contributed by atoms with Gasteiger partial charge in [0.15, 0.2) is 6.61 Å². The van der Waals surface area contributed by atoms with E-state index in [4.69, 9.17) is 4.74 Å². The van der Waals surface area contributed by atoms with Gasteiger partial charge in [-0.25, -0.2) is 4.98 Å². The van der Waals surface area contributed by atoms with Gasteiger partial charge in [-0.15, -0.1) is 0 Å². The number of rotatable bonds is 6. The van der Waals surface area contributed by atoms with Crippen molar-refractivity contribution in [2.45, 2.75) is 19.5 Å². The number of nitrogens with one attached hydrogen (secondary N) is 1. The summed E-state index contributed by atoms with van der Waals surface area (Å²) in [5.74, 6) is 0.512. The lowest BCUT2D eigenvalue weighted by molar-refractivity contribution is -0.123. The quantitative estimate of drug-likeness (QED) is 0.879. The molecule has 2 rings (SSSR count). The predicted molar refractivity (Wildman–Crippen MR) is 79.5 cm³/mol. The molecule has 0 aliphatic carbocycles. The topological polar surface area (TPSA) is 56.2 Å². The molecule has 1 N–H and O–H groups in total. The van der Waals surface area contributed by atoms with Crippen molar-refractivity contribution in [2.75, 3.05) is 6.61 Å². The number of amides is 1. The number of imidazole rings is 1. The Morgan fingerprint density at radius 1 is 1.50 bits per heavy atom. The minimum atomic E-state index is -0.145. The van der Waals surface area contributed by atoms with Gasteiger partial charge in [0.05, 0.1) is 10.8 Å². The SMILES string of the molecule is C[C@H](Cn1ccnc1)NC(=O)COc1ccccc1Br. The maximum Gasteiger partial charge on any atom is 0.258 e. The summed E-state index contributed by atoms with van der Waals surface area (Å²) < 4.78 is 8.21. The molecule has 0 aliphatic heterocycles. The third-order valence-electron chi connectivity index (χ3n) is 2.65. The zero-order valence-electron chi connectivity index (χ0n) is 11.1. The number of para-hydroxylation sites is 1. The fourth-order valence-corrected chi connectivity index (χ4v) is 2.18. The predicted octanol–water partition coefficient (Wildman–Crippen LogP) is 2.23. The number of ether oxygens (including phenoxy) is 1. The van der Waals surface area contributed by atoms with E-state index in [0.29, 0.717) is 12.3 Å². The number of hydrogen-bond acceptors (Lipinski definition) is 3. The highest BCUT2D eigenvalue weighted by molar-refractivity contribution is 9.10. The van der Waals surface area contributed by atoms with Crippen molar-refractivity contribution in [1.29, 1.82) is 0 Å². The first kappa shape index (κ1) is 14.6. The first-order valence-electron chi connectivity index (χ1n) is 6.27. The van der Waals surface area contributed by atoms with E-state index in [2.05, 4.69) is 26.2 Å². The van der Waals surface area contributed by atoms with Crippen molar-refractivity contribution in [3.05, 3.63) is 47.5 Å². The summed E-state index contributed by atoms with van der Waals surface area (Å²) in [7, 11) is 0. The number of halogens is 1. The van der Waals surface area contributed by atoms with Crippen LogP contribution in [0.5, 0.6) is 5.75 Å². The van der Waals surface area contributed by atoms with Crippen LogP contribution >= 0.6 is 15.9 Å². The standard InChI is InChI=1S/C14H16BrN3O2/c1-11(8-18-7-6-16-10-18)17-14(19)9-20-13-5-3-2-4-12(13)15/h2-7,10-11H,8-9H2,1H3,(H,17,19)/t11-/m1/s1. The molecule has 1 heterocycles. The first-order chi connectivity index (χ1) is 9.65. The van der Waals surface area contributed by atoms with Crippen molar-refractivity contribution in [1.82, 2.24) is 14.9 Å². The third kappa shape index (κ3) is 4.38. The van der Waals surface area contributed by atoms with Crippen molar-refractivity contribution < 1.29 is 9.53 Å². The Kier molecular flexibility index (Phi) is 5.17. The average Bonchev–Trinajstić information content (AvgIpc) is 2.90. The second kappa shape index (κ2) is 7.09. The largest absolute Gasteiger partial charge is 0.483 e. The maximum absolute atomic E-state index is 11.8. The number of nitrogens with zero attached hydrogens (tertiary/aromatic N) is 2. The van der Waals surface area contributed by atoms with E-state index < -0.39 is 0 Å². The Bertz CT molecular complexity index is 557. The molecular formula is C14H16BrN3O2. The summed E-state index contributed by atoms with van der Waals surface area (Å²) in [6.45, 7) is 2.62. The van der Waals surface area contributed by atoms with Gasteiger partial charge >= 0.3 is 0 Å². The first-order valence-corrected chi connectivity index (χ1v) is 7.07. The van der Waals surface area contributed by atoms with Crippen molar-refractivity contribution in [2.24, 2.45) is 0 Å². The lowest BCUT2D eigenvalue weighted by Crippen LogP contribution is -2.38. The summed E-state index contributed by atoms with van der Waals surface area (Å²) in [6.07, 6.45) is 5.30. The number of carbonyl (C=O) groups excluding carboxylic acids is 1. The molecule has 0 bridgehead atoms. The molecule has 0 saturated carbocycles. The zero-order valence-corrected chi connectivity index (χ0v) is 12.7. The molecule has 20 heavy (non-hydrogen) atoms. The summed E-state index contributed by atoms with van der Waals surface area (Å²) in [5.41, 5.74) is 0. The van der Waals surface area contributed by atoms with E-state index in [0.717, 1.165) is 4.47 Å². The van der Waals surface area contributed by atoms with Crippen molar-refractivity contribution in [3.8, 4) is 5.75 Å². The lowest BCUT2D eigenvalue weighted by Gasteiger charge is -2.15. The number of hydrogen-bond donors (Lipinski definition) is 1. The molecule has 0 unspecified atom stereocenters. The highest BCUT2D eigenvalue weighted by Crippen LogP contribution is 2.23. The van der Waals surface area contributed by atoms with Gasteiger partial charge < -0.3 is 14.6 Å². The van der Waals surface area contributed by atoms with E-state index >= 15 is 0 Å². The van der Waals surface area contributed by atoms with Crippen LogP contribution in [0.1, 0.15) is 6.92 Å². The average molecular weight is 338 g/mol. The van der Waals surface area contributed by atoms with Crippen LogP contribution in [-0.2, 0) is 11.3 Å². The molecule has 106 valence electrons. The number of benzene rings is 1. The Balaban J connectivity index is 1.76. The second-order valence-corrected chi connectivity index (χ2v) is 5.30. The highest BCUT2D eigenvalue weighted by atomic mass is 79.9. The summed E-state index contributed by atoms with van der Waals surface area (Å²) in [6, 6.07) is 7.45. The van der Waals surface area contributed by atoms with Gasteiger partial charge in [0.2, 0.25) is 0 Å². The van der Waals surface area contributed by atoms with Crippen molar-refractivity contribution in [3.63, 3.8) is 0 Å². The third-order valence-corrected chi connectivity index (χ3v) is 3.30. The summed E-state index contributed by atoms with van der Waals surface area (Å²) in [4.78, 5) is 15.8. The van der Waals surface area contributed by atoms with Crippen LogP contribution in [0.3, 0.4) is 0 Å². The molecule has 0 aliphatic rings. The lowest BCUT2D eigenvalue weighted by atomic mass is 10.3. The Morgan fingerprint density at radius 2 is 2.30 bits per heavy atom. The number of aromatic nitrogens is 2. The fourth-order valence-electron chi connectivity index (χ4n) is 1.78. The highest BCUT2D eigenvalue weighted by Gasteiger charge is 2.09. The zero-order chi connectivity index (χ0) is 14.4. The Morgan fingerprint density at radius 3 is 3.00 bits per heavy atom. The molecule has 1 atom stereocenters. The van der Waals surface area contributed by atoms with Crippen LogP contribution in [0.15, 0.2) is 47.5 Å². The van der Waals surface area contributed by atoms with Crippen LogP contribution in [-0.4, -0.2) is 28.1 Å². The van der Waals surface area contributed by atoms with Gasteiger partial charge in [-0.3, -0.25) is 4.79 Å². The monoisotopic (exact) mass is 337 g/mol. The molecule has 0 spiro atoms. The van der Waals surface area contributed by atoms with Crippen molar-refractivity contribution >= 4 is 21.8 Å². The molecule has 1 aromatic heterocycles. The van der Waals surface area contributed by atoms with Gasteiger partial charge in [0.1, 0.15) is 5.75 Å². The molecule has 0 fully saturated rings. The van der Waals surface area contributed by atoms with Crippen LogP contribution in [0.4, 0.5) is 0 Å². The fraction of sp³-hybridized carbons (Fsp3) is 0.286. The minimum Gasteiger partial charge on any atom is -0.483 e. The van der Waals surface area contributed by atoms with Crippen LogP contribution in [0, 0.1) is 0 Å². The molecule has 6 heteroatoms. The summed E-state index contributed by atoms with van der Waals surface area (Å²) >= 11 is 3.37. The van der Waals surface area contributed by atoms with E-state index in [-0.39, 0.29) is 18.6 Å². The van der Waals surface area contributed by atoms with Crippen LogP contribution < -0.4 is 10.1 Å². The molecule has 0 radical (unpaired) electrons. The summed E-state index contributed by atoms with van der Waals surface area (Å²) in [5, 5.41) is 2.88.